The van der Waals surface area contributed by atoms with Crippen molar-refractivity contribution in [1.82, 2.24) is 15.1 Å². The van der Waals surface area contributed by atoms with Gasteiger partial charge in [-0.3, -0.25) is 4.98 Å². The van der Waals surface area contributed by atoms with Gasteiger partial charge in [0, 0.05) is 6.20 Å². The van der Waals surface area contributed by atoms with Crippen LogP contribution in [0.3, 0.4) is 0 Å². The Kier molecular flexibility index (Phi) is 3.72. The molecule has 0 atom stereocenters. The number of nitrogens with zero attached hydrogens (tertiary/aromatic N) is 3. The standard InChI is InChI=1S/C14H17ClN4O/c15-10-5-6-11(17-9-10)12-18-13(20-19-12)14(16)7-3-1-2-4-8-14/h5-6,9H,1-4,7-8,16H2. The van der Waals surface area contributed by atoms with E-state index in [2.05, 4.69) is 15.1 Å². The molecule has 1 aliphatic rings. The zero-order chi connectivity index (χ0) is 14.0. The van der Waals surface area contributed by atoms with E-state index in [4.69, 9.17) is 21.9 Å². The van der Waals surface area contributed by atoms with Crippen molar-refractivity contribution in [2.24, 2.45) is 5.73 Å². The van der Waals surface area contributed by atoms with E-state index in [1.54, 1.807) is 18.3 Å². The molecular weight excluding hydrogens is 276 g/mol. The Morgan fingerprint density at radius 2 is 1.90 bits per heavy atom. The molecule has 6 heteroatoms. The Hall–Kier alpha value is -1.46. The second-order valence-corrected chi connectivity index (χ2v) is 5.79. The fourth-order valence-corrected chi connectivity index (χ4v) is 2.72. The summed E-state index contributed by atoms with van der Waals surface area (Å²) in [5, 5.41) is 4.58. The molecule has 1 aliphatic carbocycles. The quantitative estimate of drug-likeness (QED) is 0.859. The third-order valence-electron chi connectivity index (χ3n) is 3.80. The second kappa shape index (κ2) is 5.50. The van der Waals surface area contributed by atoms with Crippen LogP contribution in [0.25, 0.3) is 11.5 Å². The average molecular weight is 293 g/mol. The number of pyridine rings is 1. The van der Waals surface area contributed by atoms with Crippen molar-refractivity contribution in [2.75, 3.05) is 0 Å². The monoisotopic (exact) mass is 292 g/mol. The molecule has 3 rings (SSSR count). The van der Waals surface area contributed by atoms with Crippen molar-refractivity contribution in [3.63, 3.8) is 0 Å². The van der Waals surface area contributed by atoms with E-state index < -0.39 is 5.54 Å². The third kappa shape index (κ3) is 2.69. The molecule has 0 aliphatic heterocycles. The Bertz CT molecular complexity index is 573. The largest absolute Gasteiger partial charge is 0.337 e. The number of hydrogen-bond donors (Lipinski definition) is 1. The van der Waals surface area contributed by atoms with E-state index in [0.29, 0.717) is 22.4 Å². The summed E-state index contributed by atoms with van der Waals surface area (Å²) >= 11 is 5.82. The minimum atomic E-state index is -0.492. The van der Waals surface area contributed by atoms with Gasteiger partial charge in [-0.1, -0.05) is 42.4 Å². The van der Waals surface area contributed by atoms with Gasteiger partial charge in [0.05, 0.1) is 10.6 Å². The molecular formula is C14H17ClN4O. The summed E-state index contributed by atoms with van der Waals surface area (Å²) in [5.41, 5.74) is 6.61. The lowest BCUT2D eigenvalue weighted by atomic mass is 9.91. The Morgan fingerprint density at radius 1 is 1.15 bits per heavy atom. The highest BCUT2D eigenvalue weighted by atomic mass is 35.5. The maximum absolute atomic E-state index is 6.46. The molecule has 2 aromatic rings. The summed E-state index contributed by atoms with van der Waals surface area (Å²) in [6.07, 6.45) is 8.00. The fourth-order valence-electron chi connectivity index (χ4n) is 2.61. The van der Waals surface area contributed by atoms with E-state index >= 15 is 0 Å². The summed E-state index contributed by atoms with van der Waals surface area (Å²) in [7, 11) is 0. The topological polar surface area (TPSA) is 77.8 Å². The molecule has 2 heterocycles. The molecule has 20 heavy (non-hydrogen) atoms. The van der Waals surface area contributed by atoms with E-state index in [0.717, 1.165) is 25.7 Å². The van der Waals surface area contributed by atoms with Crippen molar-refractivity contribution in [3.05, 3.63) is 29.2 Å². The van der Waals surface area contributed by atoms with Gasteiger partial charge < -0.3 is 10.3 Å². The predicted molar refractivity (Wildman–Crippen MR) is 76.1 cm³/mol. The molecule has 0 unspecified atom stereocenters. The maximum atomic E-state index is 6.46. The minimum absolute atomic E-state index is 0.464. The molecule has 5 nitrogen and oxygen atoms in total. The average Bonchev–Trinajstić information content (AvgIpc) is 2.84. The van der Waals surface area contributed by atoms with Gasteiger partial charge in [0.1, 0.15) is 5.69 Å². The molecule has 0 bridgehead atoms. The molecule has 0 spiro atoms. The lowest BCUT2D eigenvalue weighted by Crippen LogP contribution is -2.36. The SMILES string of the molecule is NC1(c2nc(-c3ccc(Cl)cn3)no2)CCCCCC1. The first-order chi connectivity index (χ1) is 9.67. The van der Waals surface area contributed by atoms with Crippen molar-refractivity contribution in [1.29, 1.82) is 0 Å². The maximum Gasteiger partial charge on any atom is 0.247 e. The Labute approximate surface area is 122 Å². The number of aromatic nitrogens is 3. The molecule has 2 N–H and O–H groups in total. The number of hydrogen-bond acceptors (Lipinski definition) is 5. The van der Waals surface area contributed by atoms with Crippen LogP contribution in [-0.2, 0) is 5.54 Å². The summed E-state index contributed by atoms with van der Waals surface area (Å²) in [6, 6.07) is 3.52. The zero-order valence-electron chi connectivity index (χ0n) is 11.2. The van der Waals surface area contributed by atoms with Gasteiger partial charge in [-0.25, -0.2) is 0 Å². The van der Waals surface area contributed by atoms with Crippen LogP contribution >= 0.6 is 11.6 Å². The first-order valence-electron chi connectivity index (χ1n) is 6.92. The highest BCUT2D eigenvalue weighted by Gasteiger charge is 2.34. The Balaban J connectivity index is 1.87. The second-order valence-electron chi connectivity index (χ2n) is 5.36. The zero-order valence-corrected chi connectivity index (χ0v) is 11.9. The van der Waals surface area contributed by atoms with Crippen LogP contribution in [0.4, 0.5) is 0 Å². The van der Waals surface area contributed by atoms with Crippen LogP contribution in [0.15, 0.2) is 22.9 Å². The van der Waals surface area contributed by atoms with E-state index in [-0.39, 0.29) is 0 Å². The first-order valence-corrected chi connectivity index (χ1v) is 7.30. The van der Waals surface area contributed by atoms with Gasteiger partial charge in [0.2, 0.25) is 11.7 Å². The van der Waals surface area contributed by atoms with Gasteiger partial charge in [0.25, 0.3) is 0 Å². The van der Waals surface area contributed by atoms with Gasteiger partial charge in [-0.15, -0.1) is 0 Å². The van der Waals surface area contributed by atoms with Gasteiger partial charge >= 0.3 is 0 Å². The first kappa shape index (κ1) is 13.5. The van der Waals surface area contributed by atoms with Gasteiger partial charge in [-0.2, -0.15) is 4.98 Å². The number of nitrogens with two attached hydrogens (primary N) is 1. The van der Waals surface area contributed by atoms with E-state index in [1.807, 2.05) is 0 Å². The number of halogens is 1. The van der Waals surface area contributed by atoms with Crippen molar-refractivity contribution in [3.8, 4) is 11.5 Å². The van der Waals surface area contributed by atoms with Crippen LogP contribution in [0.5, 0.6) is 0 Å². The van der Waals surface area contributed by atoms with Crippen LogP contribution in [0.2, 0.25) is 5.02 Å². The van der Waals surface area contributed by atoms with Crippen molar-refractivity contribution >= 4 is 11.6 Å². The molecule has 0 saturated heterocycles. The van der Waals surface area contributed by atoms with Crippen LogP contribution in [-0.4, -0.2) is 15.1 Å². The number of rotatable bonds is 2. The highest BCUT2D eigenvalue weighted by molar-refractivity contribution is 6.30. The lowest BCUT2D eigenvalue weighted by Gasteiger charge is -2.22. The smallest absolute Gasteiger partial charge is 0.247 e. The van der Waals surface area contributed by atoms with Gasteiger partial charge in [0.15, 0.2) is 0 Å². The molecule has 0 aromatic carbocycles. The Morgan fingerprint density at radius 3 is 2.55 bits per heavy atom. The van der Waals surface area contributed by atoms with Crippen LogP contribution in [0.1, 0.15) is 44.4 Å². The highest BCUT2D eigenvalue weighted by Crippen LogP contribution is 2.33. The van der Waals surface area contributed by atoms with Crippen LogP contribution in [0, 0.1) is 0 Å². The van der Waals surface area contributed by atoms with E-state index in [1.165, 1.54) is 12.8 Å². The summed E-state index contributed by atoms with van der Waals surface area (Å²) in [6.45, 7) is 0. The minimum Gasteiger partial charge on any atom is -0.337 e. The molecule has 0 radical (unpaired) electrons. The van der Waals surface area contributed by atoms with Crippen molar-refractivity contribution in [2.45, 2.75) is 44.1 Å². The summed E-state index contributed by atoms with van der Waals surface area (Å²) in [4.78, 5) is 8.63. The molecule has 106 valence electrons. The summed E-state index contributed by atoms with van der Waals surface area (Å²) < 4.78 is 5.39. The molecule has 1 fully saturated rings. The van der Waals surface area contributed by atoms with Gasteiger partial charge in [-0.05, 0) is 25.0 Å². The summed E-state index contributed by atoms with van der Waals surface area (Å²) in [5.74, 6) is 0.983. The molecule has 0 amide bonds. The third-order valence-corrected chi connectivity index (χ3v) is 4.03. The van der Waals surface area contributed by atoms with Crippen molar-refractivity contribution < 1.29 is 4.52 Å². The van der Waals surface area contributed by atoms with Crippen LogP contribution < -0.4 is 5.73 Å². The fraction of sp³-hybridized carbons (Fsp3) is 0.500. The molecule has 1 saturated carbocycles. The van der Waals surface area contributed by atoms with E-state index in [9.17, 15) is 0 Å². The normalized spacial score (nSPS) is 18.7. The predicted octanol–water partition coefficient (Wildman–Crippen LogP) is 3.29. The lowest BCUT2D eigenvalue weighted by molar-refractivity contribution is 0.257. The molecule has 2 aromatic heterocycles.